The Morgan fingerprint density at radius 2 is 1.94 bits per heavy atom. The van der Waals surface area contributed by atoms with Crippen LogP contribution in [0.1, 0.15) is 63.0 Å². The number of carbonyl (C=O) groups excluding carboxylic acids is 2. The molecule has 6 nitrogen and oxygen atoms in total. The minimum absolute atomic E-state index is 0.0293. The summed E-state index contributed by atoms with van der Waals surface area (Å²) in [6, 6.07) is 15.7. The lowest BCUT2D eigenvalue weighted by atomic mass is 10.1. The number of hydrogen-bond acceptors (Lipinski definition) is 5. The molecule has 0 saturated heterocycles. The van der Waals surface area contributed by atoms with Gasteiger partial charge in [0, 0.05) is 30.4 Å². The van der Waals surface area contributed by atoms with Gasteiger partial charge in [0.2, 0.25) is 0 Å². The number of fused-ring (bicyclic) bond motifs is 1. The summed E-state index contributed by atoms with van der Waals surface area (Å²) in [5.41, 5.74) is 4.04. The Balaban J connectivity index is 1.21. The zero-order valence-corrected chi connectivity index (χ0v) is 20.4. The van der Waals surface area contributed by atoms with Crippen molar-refractivity contribution in [1.29, 1.82) is 0 Å². The Morgan fingerprint density at radius 1 is 1.11 bits per heavy atom. The molecule has 2 aliphatic carbocycles. The van der Waals surface area contributed by atoms with Gasteiger partial charge in [-0.2, -0.15) is 0 Å². The SMILES string of the molecule is Cc1cccc(-c2sc(C3CC3)nc2C(=O)N(CCNC(=O)c2cccc3occc23)C2CC2)c1. The predicted molar refractivity (Wildman–Crippen MR) is 137 cm³/mol. The van der Waals surface area contributed by atoms with E-state index < -0.39 is 0 Å². The van der Waals surface area contributed by atoms with Gasteiger partial charge in [0.1, 0.15) is 11.3 Å². The third-order valence-electron chi connectivity index (χ3n) is 6.68. The first-order chi connectivity index (χ1) is 17.1. The Morgan fingerprint density at radius 3 is 2.71 bits per heavy atom. The average Bonchev–Trinajstić information content (AvgIpc) is 3.79. The van der Waals surface area contributed by atoms with Crippen molar-refractivity contribution in [3.05, 3.63) is 76.6 Å². The molecule has 178 valence electrons. The highest BCUT2D eigenvalue weighted by atomic mass is 32.1. The molecular weight excluding hydrogens is 458 g/mol. The number of amides is 2. The highest BCUT2D eigenvalue weighted by molar-refractivity contribution is 7.15. The van der Waals surface area contributed by atoms with Crippen molar-refractivity contribution in [2.45, 2.75) is 44.6 Å². The molecule has 0 bridgehead atoms. The molecule has 0 radical (unpaired) electrons. The standard InChI is InChI=1S/C28H27N3O3S/c1-17-4-2-5-19(16-17)25-24(30-27(35-25)18-8-9-18)28(33)31(20-10-11-20)14-13-29-26(32)22-6-3-7-23-21(22)12-15-34-23/h2-7,12,15-16,18,20H,8-11,13-14H2,1H3,(H,29,32). The summed E-state index contributed by atoms with van der Waals surface area (Å²) in [6.45, 7) is 2.91. The minimum Gasteiger partial charge on any atom is -0.464 e. The number of carbonyl (C=O) groups is 2. The minimum atomic E-state index is -0.162. The molecular formula is C28H27N3O3S. The number of nitrogens with zero attached hydrogens (tertiary/aromatic N) is 2. The monoisotopic (exact) mass is 485 g/mol. The van der Waals surface area contributed by atoms with Gasteiger partial charge in [-0.25, -0.2) is 4.98 Å². The van der Waals surface area contributed by atoms with E-state index in [2.05, 4.69) is 30.4 Å². The van der Waals surface area contributed by atoms with Crippen molar-refractivity contribution in [1.82, 2.24) is 15.2 Å². The lowest BCUT2D eigenvalue weighted by Gasteiger charge is -2.22. The second-order valence-corrected chi connectivity index (χ2v) is 10.5. The van der Waals surface area contributed by atoms with Gasteiger partial charge in [-0.05, 0) is 56.4 Å². The number of hydrogen-bond donors (Lipinski definition) is 1. The molecule has 2 heterocycles. The third-order valence-corrected chi connectivity index (χ3v) is 7.95. The molecule has 0 aliphatic heterocycles. The van der Waals surface area contributed by atoms with Crippen molar-refractivity contribution in [2.75, 3.05) is 13.1 Å². The first-order valence-corrected chi connectivity index (χ1v) is 13.0. The van der Waals surface area contributed by atoms with Crippen molar-refractivity contribution in [3.63, 3.8) is 0 Å². The number of nitrogens with one attached hydrogen (secondary N) is 1. The summed E-state index contributed by atoms with van der Waals surface area (Å²) < 4.78 is 5.41. The normalized spacial score (nSPS) is 15.3. The molecule has 35 heavy (non-hydrogen) atoms. The zero-order chi connectivity index (χ0) is 23.9. The summed E-state index contributed by atoms with van der Waals surface area (Å²) >= 11 is 1.66. The van der Waals surface area contributed by atoms with Gasteiger partial charge >= 0.3 is 0 Å². The Labute approximate surface area is 208 Å². The molecule has 2 aromatic carbocycles. The maximum atomic E-state index is 13.8. The van der Waals surface area contributed by atoms with Crippen LogP contribution >= 0.6 is 11.3 Å². The van der Waals surface area contributed by atoms with E-state index >= 15 is 0 Å². The summed E-state index contributed by atoms with van der Waals surface area (Å²) in [4.78, 5) is 34.4. The quantitative estimate of drug-likeness (QED) is 0.343. The molecule has 0 unspecified atom stereocenters. The van der Waals surface area contributed by atoms with E-state index in [1.165, 1.54) is 0 Å². The lowest BCUT2D eigenvalue weighted by Crippen LogP contribution is -2.40. The van der Waals surface area contributed by atoms with E-state index in [4.69, 9.17) is 9.40 Å². The van der Waals surface area contributed by atoms with Crippen molar-refractivity contribution < 1.29 is 14.0 Å². The molecule has 0 spiro atoms. The molecule has 0 atom stereocenters. The summed E-state index contributed by atoms with van der Waals surface area (Å²) in [5, 5.41) is 4.86. The first kappa shape index (κ1) is 22.0. The number of rotatable bonds is 8. The lowest BCUT2D eigenvalue weighted by molar-refractivity contribution is 0.0732. The van der Waals surface area contributed by atoms with Crippen LogP contribution in [0.15, 0.2) is 59.2 Å². The largest absolute Gasteiger partial charge is 0.464 e. The van der Waals surface area contributed by atoms with Gasteiger partial charge in [-0.3, -0.25) is 9.59 Å². The number of benzene rings is 2. The second kappa shape index (κ2) is 8.96. The Bertz CT molecular complexity index is 1410. The van der Waals surface area contributed by atoms with E-state index in [1.807, 2.05) is 23.1 Å². The summed E-state index contributed by atoms with van der Waals surface area (Å²) in [5.74, 6) is 0.299. The van der Waals surface area contributed by atoms with E-state index in [0.29, 0.717) is 35.8 Å². The van der Waals surface area contributed by atoms with Crippen LogP contribution in [-0.4, -0.2) is 40.8 Å². The fraction of sp³-hybridized carbons (Fsp3) is 0.321. The molecule has 2 amide bonds. The van der Waals surface area contributed by atoms with Gasteiger partial charge in [0.25, 0.3) is 11.8 Å². The van der Waals surface area contributed by atoms with Gasteiger partial charge in [-0.1, -0.05) is 35.9 Å². The maximum Gasteiger partial charge on any atom is 0.274 e. The van der Waals surface area contributed by atoms with E-state index in [-0.39, 0.29) is 17.9 Å². The van der Waals surface area contributed by atoms with Gasteiger partial charge in [0.15, 0.2) is 0 Å². The Kier molecular flexibility index (Phi) is 5.65. The molecule has 4 aromatic rings. The third kappa shape index (κ3) is 4.48. The van der Waals surface area contributed by atoms with E-state index in [0.717, 1.165) is 52.1 Å². The van der Waals surface area contributed by atoms with Crippen LogP contribution in [0.3, 0.4) is 0 Å². The van der Waals surface area contributed by atoms with Crippen LogP contribution < -0.4 is 5.32 Å². The van der Waals surface area contributed by atoms with Crippen LogP contribution in [0, 0.1) is 6.92 Å². The van der Waals surface area contributed by atoms with Crippen LogP contribution in [-0.2, 0) is 0 Å². The molecule has 2 fully saturated rings. The van der Waals surface area contributed by atoms with Gasteiger partial charge in [-0.15, -0.1) is 11.3 Å². The highest BCUT2D eigenvalue weighted by Gasteiger charge is 2.37. The number of aryl methyl sites for hydroxylation is 1. The topological polar surface area (TPSA) is 75.4 Å². The van der Waals surface area contributed by atoms with Gasteiger partial charge in [0.05, 0.1) is 21.7 Å². The number of thiazole rings is 1. The van der Waals surface area contributed by atoms with Crippen LogP contribution in [0.5, 0.6) is 0 Å². The van der Waals surface area contributed by atoms with Crippen molar-refractivity contribution in [2.24, 2.45) is 0 Å². The molecule has 2 aliphatic rings. The second-order valence-electron chi connectivity index (χ2n) is 9.50. The van der Waals surface area contributed by atoms with Crippen LogP contribution in [0.2, 0.25) is 0 Å². The van der Waals surface area contributed by atoms with E-state index in [9.17, 15) is 9.59 Å². The fourth-order valence-corrected chi connectivity index (χ4v) is 5.74. The molecule has 6 rings (SSSR count). The average molecular weight is 486 g/mol. The van der Waals surface area contributed by atoms with Crippen molar-refractivity contribution >= 4 is 34.1 Å². The van der Waals surface area contributed by atoms with E-state index in [1.54, 1.807) is 29.7 Å². The summed E-state index contributed by atoms with van der Waals surface area (Å²) in [7, 11) is 0. The van der Waals surface area contributed by atoms with Crippen LogP contribution in [0.25, 0.3) is 21.4 Å². The van der Waals surface area contributed by atoms with Crippen molar-refractivity contribution in [3.8, 4) is 10.4 Å². The van der Waals surface area contributed by atoms with Crippen LogP contribution in [0.4, 0.5) is 0 Å². The fourth-order valence-electron chi connectivity index (χ4n) is 4.52. The molecule has 1 N–H and O–H groups in total. The maximum absolute atomic E-state index is 13.8. The predicted octanol–water partition coefficient (Wildman–Crippen LogP) is 5.78. The zero-order valence-electron chi connectivity index (χ0n) is 19.6. The number of aromatic nitrogens is 1. The Hall–Kier alpha value is -3.45. The highest BCUT2D eigenvalue weighted by Crippen LogP contribution is 2.45. The number of furan rings is 1. The first-order valence-electron chi connectivity index (χ1n) is 12.2. The molecule has 2 saturated carbocycles. The molecule has 2 aromatic heterocycles. The summed E-state index contributed by atoms with van der Waals surface area (Å²) in [6.07, 6.45) is 5.87. The van der Waals surface area contributed by atoms with Gasteiger partial charge < -0.3 is 14.6 Å². The molecule has 7 heteroatoms. The smallest absolute Gasteiger partial charge is 0.274 e.